The second kappa shape index (κ2) is 2.96. The van der Waals surface area contributed by atoms with Crippen molar-refractivity contribution in [1.29, 1.82) is 0 Å². The molecule has 11 heavy (non-hydrogen) atoms. The molecule has 0 radical (unpaired) electrons. The minimum absolute atomic E-state index is 0.482. The summed E-state index contributed by atoms with van der Waals surface area (Å²) in [6, 6.07) is 0. The Labute approximate surface area is 68.2 Å². The van der Waals surface area contributed by atoms with Gasteiger partial charge in [0.15, 0.2) is 0 Å². The summed E-state index contributed by atoms with van der Waals surface area (Å²) >= 11 is 0. The molecule has 0 amide bonds. The third kappa shape index (κ3) is 1.47. The zero-order valence-electron chi connectivity index (χ0n) is 7.01. The average molecular weight is 152 g/mol. The smallest absolute Gasteiger partial charge is 0.136 e. The van der Waals surface area contributed by atoms with Crippen molar-refractivity contribution in [2.75, 3.05) is 0 Å². The van der Waals surface area contributed by atoms with Crippen LogP contribution in [0.2, 0.25) is 0 Å². The van der Waals surface area contributed by atoms with Crippen molar-refractivity contribution in [3.63, 3.8) is 0 Å². The molecule has 0 N–H and O–H groups in total. The van der Waals surface area contributed by atoms with Gasteiger partial charge in [-0.1, -0.05) is 25.7 Å². The summed E-state index contributed by atoms with van der Waals surface area (Å²) in [5.41, 5.74) is 0. The number of rotatable bonds is 3. The molecule has 2 saturated carbocycles. The predicted octanol–water partition coefficient (Wildman–Crippen LogP) is 2.55. The van der Waals surface area contributed by atoms with Gasteiger partial charge in [0, 0.05) is 12.3 Å². The van der Waals surface area contributed by atoms with E-state index in [0.29, 0.717) is 11.7 Å². The number of hydrogen-bond donors (Lipinski definition) is 0. The van der Waals surface area contributed by atoms with Crippen LogP contribution in [0.4, 0.5) is 0 Å². The highest BCUT2D eigenvalue weighted by molar-refractivity contribution is 5.81. The van der Waals surface area contributed by atoms with Gasteiger partial charge in [0.1, 0.15) is 5.78 Å². The van der Waals surface area contributed by atoms with Crippen LogP contribution in [-0.2, 0) is 4.79 Å². The van der Waals surface area contributed by atoms with E-state index in [1.807, 2.05) is 0 Å². The highest BCUT2D eigenvalue weighted by atomic mass is 16.1. The Hall–Kier alpha value is -0.330. The van der Waals surface area contributed by atoms with Crippen LogP contribution in [0.15, 0.2) is 0 Å². The minimum Gasteiger partial charge on any atom is -0.299 e. The molecule has 0 unspecified atom stereocenters. The Kier molecular flexibility index (Phi) is 1.97. The van der Waals surface area contributed by atoms with Gasteiger partial charge in [-0.15, -0.1) is 0 Å². The van der Waals surface area contributed by atoms with Gasteiger partial charge in [-0.3, -0.25) is 4.79 Å². The number of ketones is 1. The highest BCUT2D eigenvalue weighted by Crippen LogP contribution is 2.34. The Morgan fingerprint density at radius 3 is 2.09 bits per heavy atom. The molecule has 62 valence electrons. The van der Waals surface area contributed by atoms with Crippen molar-refractivity contribution >= 4 is 5.78 Å². The van der Waals surface area contributed by atoms with Crippen molar-refractivity contribution in [1.82, 2.24) is 0 Å². The number of carbonyl (C=O) groups excluding carboxylic acids is 1. The van der Waals surface area contributed by atoms with E-state index in [1.54, 1.807) is 0 Å². The number of hydrogen-bond acceptors (Lipinski definition) is 1. The summed E-state index contributed by atoms with van der Waals surface area (Å²) in [6.07, 6.45) is 8.57. The quantitative estimate of drug-likeness (QED) is 0.607. The van der Waals surface area contributed by atoms with Gasteiger partial charge in [-0.2, -0.15) is 0 Å². The first-order valence-corrected chi connectivity index (χ1v) is 4.89. The molecule has 1 heteroatoms. The molecule has 2 fully saturated rings. The largest absolute Gasteiger partial charge is 0.299 e. The summed E-state index contributed by atoms with van der Waals surface area (Å²) in [5, 5.41) is 0. The van der Waals surface area contributed by atoms with Gasteiger partial charge >= 0.3 is 0 Å². The topological polar surface area (TPSA) is 17.1 Å². The summed E-state index contributed by atoms with van der Waals surface area (Å²) in [7, 11) is 0. The molecule has 0 heterocycles. The molecule has 0 atom stereocenters. The van der Waals surface area contributed by atoms with Gasteiger partial charge < -0.3 is 0 Å². The lowest BCUT2D eigenvalue weighted by atomic mass is 9.75. The van der Waals surface area contributed by atoms with E-state index in [9.17, 15) is 4.79 Å². The highest BCUT2D eigenvalue weighted by Gasteiger charge is 2.28. The molecule has 0 aromatic heterocycles. The van der Waals surface area contributed by atoms with Gasteiger partial charge in [0.25, 0.3) is 0 Å². The lowest BCUT2D eigenvalue weighted by Crippen LogP contribution is -2.26. The third-order valence-electron chi connectivity index (χ3n) is 3.28. The first-order valence-electron chi connectivity index (χ1n) is 4.89. The molecule has 0 aromatic rings. The van der Waals surface area contributed by atoms with Gasteiger partial charge in [0.2, 0.25) is 0 Å². The SMILES string of the molecule is O=C(CC1CCC1)C1CCC1. The molecule has 2 aliphatic carbocycles. The molecule has 1 nitrogen and oxygen atoms in total. The molecule has 0 aliphatic heterocycles. The first-order chi connectivity index (χ1) is 5.36. The van der Waals surface area contributed by atoms with Crippen LogP contribution >= 0.6 is 0 Å². The maximum absolute atomic E-state index is 11.4. The Bertz CT molecular complexity index is 154. The fourth-order valence-corrected chi connectivity index (χ4v) is 1.88. The van der Waals surface area contributed by atoms with E-state index in [-0.39, 0.29) is 0 Å². The minimum atomic E-state index is 0.482. The van der Waals surface area contributed by atoms with Crippen LogP contribution in [0.3, 0.4) is 0 Å². The number of Topliss-reactive ketones (excluding diaryl/α,β-unsaturated/α-hetero) is 1. The second-order valence-electron chi connectivity index (χ2n) is 4.10. The van der Waals surface area contributed by atoms with E-state index >= 15 is 0 Å². The van der Waals surface area contributed by atoms with E-state index in [1.165, 1.54) is 38.5 Å². The van der Waals surface area contributed by atoms with Crippen LogP contribution in [0.5, 0.6) is 0 Å². The van der Waals surface area contributed by atoms with Gasteiger partial charge in [0.05, 0.1) is 0 Å². The van der Waals surface area contributed by atoms with Gasteiger partial charge in [-0.25, -0.2) is 0 Å². The maximum Gasteiger partial charge on any atom is 0.136 e. The maximum atomic E-state index is 11.4. The molecule has 2 rings (SSSR count). The first kappa shape index (κ1) is 7.33. The Balaban J connectivity index is 1.71. The Morgan fingerprint density at radius 2 is 1.73 bits per heavy atom. The van der Waals surface area contributed by atoms with Gasteiger partial charge in [-0.05, 0) is 18.8 Å². The fourth-order valence-electron chi connectivity index (χ4n) is 1.88. The third-order valence-corrected chi connectivity index (χ3v) is 3.28. The van der Waals surface area contributed by atoms with Crippen molar-refractivity contribution < 1.29 is 4.79 Å². The number of carbonyl (C=O) groups is 1. The fraction of sp³-hybridized carbons (Fsp3) is 0.900. The van der Waals surface area contributed by atoms with E-state index in [4.69, 9.17) is 0 Å². The molecule has 2 aliphatic rings. The molecular weight excluding hydrogens is 136 g/mol. The van der Waals surface area contributed by atoms with Crippen LogP contribution in [0, 0.1) is 11.8 Å². The molecule has 0 saturated heterocycles. The van der Waals surface area contributed by atoms with Crippen LogP contribution in [-0.4, -0.2) is 5.78 Å². The standard InChI is InChI=1S/C10H16O/c11-10(9-5-2-6-9)7-8-3-1-4-8/h8-9H,1-7H2. The van der Waals surface area contributed by atoms with Crippen molar-refractivity contribution in [2.45, 2.75) is 44.9 Å². The van der Waals surface area contributed by atoms with Crippen molar-refractivity contribution in [3.05, 3.63) is 0 Å². The predicted molar refractivity (Wildman–Crippen MR) is 44.3 cm³/mol. The molecule has 0 bridgehead atoms. The van der Waals surface area contributed by atoms with E-state index < -0.39 is 0 Å². The Morgan fingerprint density at radius 1 is 1.09 bits per heavy atom. The van der Waals surface area contributed by atoms with Crippen LogP contribution < -0.4 is 0 Å². The second-order valence-corrected chi connectivity index (χ2v) is 4.10. The lowest BCUT2D eigenvalue weighted by Gasteiger charge is -2.29. The van der Waals surface area contributed by atoms with Crippen molar-refractivity contribution in [3.8, 4) is 0 Å². The summed E-state index contributed by atoms with van der Waals surface area (Å²) in [4.78, 5) is 11.4. The summed E-state index contributed by atoms with van der Waals surface area (Å²) in [6.45, 7) is 0. The van der Waals surface area contributed by atoms with Crippen LogP contribution in [0.25, 0.3) is 0 Å². The van der Waals surface area contributed by atoms with Crippen molar-refractivity contribution in [2.24, 2.45) is 11.8 Å². The normalized spacial score (nSPS) is 25.8. The molecule has 0 spiro atoms. The zero-order valence-corrected chi connectivity index (χ0v) is 7.01. The van der Waals surface area contributed by atoms with E-state index in [2.05, 4.69) is 0 Å². The zero-order chi connectivity index (χ0) is 7.68. The lowest BCUT2D eigenvalue weighted by molar-refractivity contribution is -0.126. The van der Waals surface area contributed by atoms with E-state index in [0.717, 1.165) is 12.3 Å². The average Bonchev–Trinajstić information content (AvgIpc) is 1.74. The van der Waals surface area contributed by atoms with Crippen LogP contribution in [0.1, 0.15) is 44.9 Å². The summed E-state index contributed by atoms with van der Waals surface area (Å²) in [5.74, 6) is 1.83. The monoisotopic (exact) mass is 152 g/mol. The summed E-state index contributed by atoms with van der Waals surface area (Å²) < 4.78 is 0. The molecular formula is C10H16O. The molecule has 0 aromatic carbocycles.